The van der Waals surface area contributed by atoms with E-state index in [4.69, 9.17) is 0 Å². The third-order valence-electron chi connectivity index (χ3n) is 4.04. The Morgan fingerprint density at radius 2 is 1.82 bits per heavy atom. The molecule has 0 fully saturated rings. The minimum Gasteiger partial charge on any atom is -0.339 e. The Labute approximate surface area is 166 Å². The predicted molar refractivity (Wildman–Crippen MR) is 113 cm³/mol. The summed E-state index contributed by atoms with van der Waals surface area (Å²) in [5, 5.41) is 6.90. The number of benzene rings is 1. The van der Waals surface area contributed by atoms with Crippen LogP contribution >= 0.6 is 12.8 Å². The van der Waals surface area contributed by atoms with Crippen LogP contribution < -0.4 is 10.6 Å². The first kappa shape index (κ1) is 17.9. The maximum Gasteiger partial charge on any atom is 0.332 e. The first-order valence-electron chi connectivity index (χ1n) is 8.65. The fourth-order valence-corrected chi connectivity index (χ4v) is 2.68. The van der Waals surface area contributed by atoms with Gasteiger partial charge in [-0.25, -0.2) is 19.7 Å². The Hall–Kier alpha value is -3.46. The number of carbonyl (C=O) groups excluding carboxylic acids is 1. The van der Waals surface area contributed by atoms with Crippen LogP contribution in [0.2, 0.25) is 0 Å². The number of hydrogen-bond acceptors (Lipinski definition) is 7. The largest absolute Gasteiger partial charge is 0.339 e. The fourth-order valence-electron chi connectivity index (χ4n) is 2.63. The van der Waals surface area contributed by atoms with Gasteiger partial charge in [0.25, 0.3) is 0 Å². The van der Waals surface area contributed by atoms with Crippen molar-refractivity contribution >= 4 is 58.2 Å². The van der Waals surface area contributed by atoms with Crippen molar-refractivity contribution in [1.29, 1.82) is 0 Å². The molecule has 0 saturated carbocycles. The highest BCUT2D eigenvalue weighted by Gasteiger charge is 2.10. The number of hydrogen-bond donors (Lipinski definition) is 3. The second-order valence-corrected chi connectivity index (χ2v) is 6.46. The molecule has 3 heterocycles. The summed E-state index contributed by atoms with van der Waals surface area (Å²) in [7, 11) is 0. The summed E-state index contributed by atoms with van der Waals surface area (Å²) in [4.78, 5) is 29.5. The smallest absolute Gasteiger partial charge is 0.332 e. The van der Waals surface area contributed by atoms with Crippen molar-refractivity contribution in [2.45, 2.75) is 6.92 Å². The molecule has 0 aliphatic rings. The third-order valence-corrected chi connectivity index (χ3v) is 4.50. The fraction of sp³-hybridized carbons (Fsp3) is 0.105. The second kappa shape index (κ2) is 7.65. The number of nitrogens with one attached hydrogen (secondary N) is 2. The molecule has 0 aliphatic heterocycles. The van der Waals surface area contributed by atoms with Gasteiger partial charge >= 0.3 is 6.03 Å². The Morgan fingerprint density at radius 3 is 2.68 bits per heavy atom. The quantitative estimate of drug-likeness (QED) is 0.455. The standard InChI is InChI=1S/C19H17N7OS/c1-2-26(28)19(27)25-17-11-21-15-7-8-16(23-18(15)24-17)22-13-9-12-5-3-4-6-14(12)20-10-13/h3-11,28H,2H2,1H3,(H2,22,23,24,25,27). The number of amides is 2. The van der Waals surface area contributed by atoms with E-state index in [0.29, 0.717) is 29.3 Å². The molecule has 2 amide bonds. The van der Waals surface area contributed by atoms with E-state index in [1.807, 2.05) is 49.4 Å². The van der Waals surface area contributed by atoms with E-state index in [-0.39, 0.29) is 6.03 Å². The van der Waals surface area contributed by atoms with Crippen LogP contribution in [0.1, 0.15) is 6.92 Å². The molecule has 0 aliphatic carbocycles. The summed E-state index contributed by atoms with van der Waals surface area (Å²) >= 11 is 4.07. The van der Waals surface area contributed by atoms with Crippen molar-refractivity contribution in [3.63, 3.8) is 0 Å². The van der Waals surface area contributed by atoms with Gasteiger partial charge in [0.1, 0.15) is 11.3 Å². The van der Waals surface area contributed by atoms with Crippen LogP contribution in [-0.2, 0) is 0 Å². The summed E-state index contributed by atoms with van der Waals surface area (Å²) < 4.78 is 1.24. The molecule has 0 bridgehead atoms. The number of rotatable bonds is 4. The lowest BCUT2D eigenvalue weighted by Crippen LogP contribution is -2.27. The zero-order chi connectivity index (χ0) is 19.5. The molecule has 0 spiro atoms. The van der Waals surface area contributed by atoms with E-state index >= 15 is 0 Å². The van der Waals surface area contributed by atoms with E-state index in [0.717, 1.165) is 16.6 Å². The monoisotopic (exact) mass is 391 g/mol. The van der Waals surface area contributed by atoms with Crippen LogP contribution in [0, 0.1) is 0 Å². The van der Waals surface area contributed by atoms with E-state index in [1.54, 1.807) is 6.20 Å². The summed E-state index contributed by atoms with van der Waals surface area (Å²) in [6.45, 7) is 2.28. The number of urea groups is 1. The van der Waals surface area contributed by atoms with Gasteiger partial charge in [0.15, 0.2) is 11.5 Å². The van der Waals surface area contributed by atoms with Gasteiger partial charge in [-0.3, -0.25) is 14.6 Å². The van der Waals surface area contributed by atoms with Crippen LogP contribution in [0.5, 0.6) is 0 Å². The molecule has 2 N–H and O–H groups in total. The van der Waals surface area contributed by atoms with Crippen LogP contribution in [-0.4, -0.2) is 36.8 Å². The molecule has 28 heavy (non-hydrogen) atoms. The Bertz CT molecular complexity index is 1170. The minimum absolute atomic E-state index is 0.307. The number of nitrogens with zero attached hydrogens (tertiary/aromatic N) is 5. The van der Waals surface area contributed by atoms with E-state index in [2.05, 4.69) is 43.4 Å². The highest BCUT2D eigenvalue weighted by molar-refractivity contribution is 7.78. The van der Waals surface area contributed by atoms with Crippen LogP contribution in [0.4, 0.5) is 22.1 Å². The summed E-state index contributed by atoms with van der Waals surface area (Å²) in [6.07, 6.45) is 3.24. The van der Waals surface area contributed by atoms with Gasteiger partial charge in [0.2, 0.25) is 0 Å². The van der Waals surface area contributed by atoms with Crippen LogP contribution in [0.3, 0.4) is 0 Å². The number of pyridine rings is 2. The molecule has 4 aromatic rings. The number of aromatic nitrogens is 4. The lowest BCUT2D eigenvalue weighted by molar-refractivity contribution is 0.240. The molecule has 8 nitrogen and oxygen atoms in total. The van der Waals surface area contributed by atoms with Gasteiger partial charge < -0.3 is 5.32 Å². The topological polar surface area (TPSA) is 95.9 Å². The molecule has 1 aromatic carbocycles. The Morgan fingerprint density at radius 1 is 1.04 bits per heavy atom. The second-order valence-electron chi connectivity index (χ2n) is 5.98. The molecule has 0 atom stereocenters. The lowest BCUT2D eigenvalue weighted by atomic mass is 10.2. The van der Waals surface area contributed by atoms with E-state index < -0.39 is 0 Å². The molecular weight excluding hydrogens is 374 g/mol. The van der Waals surface area contributed by atoms with E-state index in [1.165, 1.54) is 10.5 Å². The third kappa shape index (κ3) is 3.79. The molecule has 140 valence electrons. The maximum atomic E-state index is 11.9. The molecule has 0 saturated heterocycles. The van der Waals surface area contributed by atoms with Crippen molar-refractivity contribution in [1.82, 2.24) is 24.2 Å². The van der Waals surface area contributed by atoms with Gasteiger partial charge in [0.05, 0.1) is 23.6 Å². The maximum absolute atomic E-state index is 11.9. The van der Waals surface area contributed by atoms with Crippen molar-refractivity contribution < 1.29 is 4.79 Å². The van der Waals surface area contributed by atoms with Crippen molar-refractivity contribution in [3.8, 4) is 0 Å². The molecule has 3 aromatic heterocycles. The SMILES string of the molecule is CCN(S)C(=O)Nc1cnc2ccc(Nc3cnc4ccccc4c3)nc2n1. The number of anilines is 3. The number of carbonyl (C=O) groups is 1. The van der Waals surface area contributed by atoms with Gasteiger partial charge in [-0.1, -0.05) is 31.0 Å². The molecule has 9 heteroatoms. The minimum atomic E-state index is -0.379. The predicted octanol–water partition coefficient (Wildman–Crippen LogP) is 4.02. The number of fused-ring (bicyclic) bond motifs is 2. The average Bonchev–Trinajstić information content (AvgIpc) is 2.72. The lowest BCUT2D eigenvalue weighted by Gasteiger charge is -2.13. The van der Waals surface area contributed by atoms with Gasteiger partial charge in [0, 0.05) is 11.9 Å². The van der Waals surface area contributed by atoms with Crippen molar-refractivity contribution in [2.24, 2.45) is 0 Å². The number of para-hydroxylation sites is 1. The zero-order valence-corrected chi connectivity index (χ0v) is 15.9. The summed E-state index contributed by atoms with van der Waals surface area (Å²) in [6, 6.07) is 13.1. The highest BCUT2D eigenvalue weighted by atomic mass is 32.1. The summed E-state index contributed by atoms with van der Waals surface area (Å²) in [5.41, 5.74) is 2.78. The first-order chi connectivity index (χ1) is 13.6. The molecule has 4 rings (SSSR count). The van der Waals surface area contributed by atoms with Crippen LogP contribution in [0.25, 0.3) is 22.1 Å². The van der Waals surface area contributed by atoms with Crippen molar-refractivity contribution in [2.75, 3.05) is 17.2 Å². The number of thiol groups is 1. The average molecular weight is 391 g/mol. The molecular formula is C19H17N7OS. The van der Waals surface area contributed by atoms with Gasteiger partial charge in [-0.15, -0.1) is 0 Å². The summed E-state index contributed by atoms with van der Waals surface area (Å²) in [5.74, 6) is 0.911. The Balaban J connectivity index is 1.59. The zero-order valence-electron chi connectivity index (χ0n) is 15.0. The normalized spacial score (nSPS) is 10.8. The van der Waals surface area contributed by atoms with Crippen LogP contribution in [0.15, 0.2) is 54.9 Å². The Kier molecular flexibility index (Phi) is 4.90. The first-order valence-corrected chi connectivity index (χ1v) is 9.05. The van der Waals surface area contributed by atoms with Gasteiger partial charge in [-0.2, -0.15) is 0 Å². The highest BCUT2D eigenvalue weighted by Crippen LogP contribution is 2.21. The van der Waals surface area contributed by atoms with Crippen molar-refractivity contribution in [3.05, 3.63) is 54.9 Å². The van der Waals surface area contributed by atoms with Gasteiger partial charge in [-0.05, 0) is 31.2 Å². The molecule has 0 unspecified atom stereocenters. The van der Waals surface area contributed by atoms with E-state index in [9.17, 15) is 4.79 Å². The molecule has 0 radical (unpaired) electrons.